The van der Waals surface area contributed by atoms with Gasteiger partial charge in [-0.15, -0.1) is 0 Å². The molecule has 1 heterocycles. The zero-order valence-corrected chi connectivity index (χ0v) is 11.0. The number of nitrogens with one attached hydrogen (secondary N) is 1. The second kappa shape index (κ2) is 6.74. The van der Waals surface area contributed by atoms with Crippen LogP contribution in [-0.4, -0.2) is 17.6 Å². The molecule has 0 aliphatic carbocycles. The van der Waals surface area contributed by atoms with Crippen LogP contribution >= 0.6 is 11.3 Å². The molecule has 2 N–H and O–H groups in total. The molecule has 0 atom stereocenters. The number of hydrogen-bond donors (Lipinski definition) is 2. The third kappa shape index (κ3) is 3.95. The molecule has 0 spiro atoms. The van der Waals surface area contributed by atoms with Crippen molar-refractivity contribution in [3.05, 3.63) is 52.2 Å². The average Bonchev–Trinajstić information content (AvgIpc) is 2.93. The van der Waals surface area contributed by atoms with Crippen LogP contribution in [0.2, 0.25) is 0 Å². The molecule has 3 nitrogen and oxygen atoms in total. The average molecular weight is 271 g/mol. The Morgan fingerprint density at radius 3 is 3.00 bits per heavy atom. The highest BCUT2D eigenvalue weighted by Gasteiger charge is 2.05. The summed E-state index contributed by atoms with van der Waals surface area (Å²) in [6.07, 6.45) is 0.450. The van der Waals surface area contributed by atoms with Crippen molar-refractivity contribution in [2.24, 2.45) is 0 Å². The van der Waals surface area contributed by atoms with Gasteiger partial charge in [0.15, 0.2) is 0 Å². The smallest absolute Gasteiger partial charge is 0.256 e. The topological polar surface area (TPSA) is 49.3 Å². The molecule has 1 amide bonds. The highest BCUT2D eigenvalue weighted by molar-refractivity contribution is 7.08. The van der Waals surface area contributed by atoms with Gasteiger partial charge in [0, 0.05) is 23.1 Å². The lowest BCUT2D eigenvalue weighted by atomic mass is 10.2. The van der Waals surface area contributed by atoms with E-state index in [1.165, 1.54) is 11.3 Å². The van der Waals surface area contributed by atoms with E-state index in [4.69, 9.17) is 5.11 Å². The lowest BCUT2D eigenvalue weighted by Gasteiger charge is -2.03. The molecule has 2 aromatic rings. The molecule has 96 valence electrons. The summed E-state index contributed by atoms with van der Waals surface area (Å²) in [7, 11) is 0. The second-order valence-electron chi connectivity index (χ2n) is 3.82. The van der Waals surface area contributed by atoms with Crippen LogP contribution in [0.15, 0.2) is 41.1 Å². The normalized spacial score (nSPS) is 9.53. The monoisotopic (exact) mass is 271 g/mol. The Hall–Kier alpha value is -2.09. The van der Waals surface area contributed by atoms with Crippen molar-refractivity contribution >= 4 is 22.9 Å². The van der Waals surface area contributed by atoms with E-state index in [1.807, 2.05) is 29.6 Å². The summed E-state index contributed by atoms with van der Waals surface area (Å²) in [5.41, 5.74) is 2.19. The van der Waals surface area contributed by atoms with E-state index in [9.17, 15) is 4.79 Å². The van der Waals surface area contributed by atoms with Crippen molar-refractivity contribution in [2.75, 3.05) is 11.9 Å². The van der Waals surface area contributed by atoms with Crippen molar-refractivity contribution in [2.45, 2.75) is 6.42 Å². The van der Waals surface area contributed by atoms with Crippen LogP contribution in [0.4, 0.5) is 5.69 Å². The van der Waals surface area contributed by atoms with Gasteiger partial charge >= 0.3 is 0 Å². The van der Waals surface area contributed by atoms with Crippen molar-refractivity contribution in [1.29, 1.82) is 0 Å². The zero-order valence-electron chi connectivity index (χ0n) is 10.2. The summed E-state index contributed by atoms with van der Waals surface area (Å²) < 4.78 is 0. The summed E-state index contributed by atoms with van der Waals surface area (Å²) in [6, 6.07) is 9.12. The summed E-state index contributed by atoms with van der Waals surface area (Å²) >= 11 is 1.49. The molecule has 0 saturated carbocycles. The lowest BCUT2D eigenvalue weighted by molar-refractivity contribution is 0.102. The van der Waals surface area contributed by atoms with Crippen molar-refractivity contribution in [3.63, 3.8) is 0 Å². The zero-order chi connectivity index (χ0) is 13.5. The highest BCUT2D eigenvalue weighted by Crippen LogP contribution is 2.13. The van der Waals surface area contributed by atoms with Crippen LogP contribution in [0.3, 0.4) is 0 Å². The number of carbonyl (C=O) groups is 1. The standard InChI is InChI=1S/C15H13NO2S/c17-8-2-1-4-12-5-3-6-14(10-12)16-15(18)13-7-9-19-11-13/h3,5-7,9-11,17H,2,8H2,(H,16,18). The van der Waals surface area contributed by atoms with Crippen LogP contribution < -0.4 is 5.32 Å². The van der Waals surface area contributed by atoms with E-state index in [-0.39, 0.29) is 12.5 Å². The molecular weight excluding hydrogens is 258 g/mol. The number of anilines is 1. The Kier molecular flexibility index (Phi) is 4.73. The molecular formula is C15H13NO2S. The fourth-order valence-corrected chi connectivity index (χ4v) is 2.13. The predicted molar refractivity (Wildman–Crippen MR) is 77.3 cm³/mol. The van der Waals surface area contributed by atoms with Crippen LogP contribution in [-0.2, 0) is 0 Å². The van der Waals surface area contributed by atoms with Gasteiger partial charge in [-0.1, -0.05) is 17.9 Å². The molecule has 0 radical (unpaired) electrons. The molecule has 0 aliphatic rings. The van der Waals surface area contributed by atoms with Crippen LogP contribution in [0.5, 0.6) is 0 Å². The molecule has 4 heteroatoms. The lowest BCUT2D eigenvalue weighted by Crippen LogP contribution is -2.10. The maximum Gasteiger partial charge on any atom is 0.256 e. The number of aliphatic hydroxyl groups is 1. The van der Waals surface area contributed by atoms with Gasteiger partial charge < -0.3 is 10.4 Å². The van der Waals surface area contributed by atoms with Crippen LogP contribution in [0.25, 0.3) is 0 Å². The first-order valence-corrected chi connectivity index (χ1v) is 6.77. The van der Waals surface area contributed by atoms with Gasteiger partial charge in [-0.25, -0.2) is 0 Å². The predicted octanol–water partition coefficient (Wildman–Crippen LogP) is 2.73. The maximum absolute atomic E-state index is 11.9. The number of aliphatic hydroxyl groups excluding tert-OH is 1. The molecule has 0 saturated heterocycles. The Labute approximate surface area is 115 Å². The fraction of sp³-hybridized carbons (Fsp3) is 0.133. The summed E-state index contributed by atoms with van der Waals surface area (Å²) in [6.45, 7) is 0.0571. The largest absolute Gasteiger partial charge is 0.395 e. The molecule has 1 aromatic heterocycles. The number of carbonyl (C=O) groups excluding carboxylic acids is 1. The Morgan fingerprint density at radius 2 is 2.26 bits per heavy atom. The van der Waals surface area contributed by atoms with Crippen molar-refractivity contribution in [3.8, 4) is 11.8 Å². The number of amides is 1. The fourth-order valence-electron chi connectivity index (χ4n) is 1.49. The third-order valence-electron chi connectivity index (χ3n) is 2.37. The van der Waals surface area contributed by atoms with Gasteiger partial charge in [0.25, 0.3) is 5.91 Å². The molecule has 0 bridgehead atoms. The molecule has 1 aromatic carbocycles. The first kappa shape index (κ1) is 13.3. The molecule has 19 heavy (non-hydrogen) atoms. The van der Waals surface area contributed by atoms with Gasteiger partial charge in [-0.05, 0) is 29.6 Å². The van der Waals surface area contributed by atoms with Crippen molar-refractivity contribution in [1.82, 2.24) is 0 Å². The third-order valence-corrected chi connectivity index (χ3v) is 3.06. The summed E-state index contributed by atoms with van der Waals surface area (Å²) in [5.74, 6) is 5.66. The molecule has 2 rings (SSSR count). The molecule has 0 aliphatic heterocycles. The van der Waals surface area contributed by atoms with Gasteiger partial charge in [0.05, 0.1) is 12.2 Å². The van der Waals surface area contributed by atoms with Gasteiger partial charge in [-0.2, -0.15) is 11.3 Å². The van der Waals surface area contributed by atoms with E-state index in [1.54, 1.807) is 11.4 Å². The molecule has 0 fully saturated rings. The minimum absolute atomic E-state index is 0.0571. The number of benzene rings is 1. The Bertz CT molecular complexity index is 609. The SMILES string of the molecule is O=C(Nc1cccc(C#CCCO)c1)c1ccsc1. The van der Waals surface area contributed by atoms with Gasteiger partial charge in [0.1, 0.15) is 0 Å². The first-order chi connectivity index (χ1) is 9.29. The van der Waals surface area contributed by atoms with Gasteiger partial charge in [0.2, 0.25) is 0 Å². The van der Waals surface area contributed by atoms with Crippen molar-refractivity contribution < 1.29 is 9.90 Å². The minimum atomic E-state index is -0.123. The quantitative estimate of drug-likeness (QED) is 0.843. The van der Waals surface area contributed by atoms with E-state index >= 15 is 0 Å². The molecule has 0 unspecified atom stereocenters. The highest BCUT2D eigenvalue weighted by atomic mass is 32.1. The van der Waals surface area contributed by atoms with Crippen LogP contribution in [0, 0.1) is 11.8 Å². The number of rotatable bonds is 3. The van der Waals surface area contributed by atoms with Gasteiger partial charge in [-0.3, -0.25) is 4.79 Å². The number of hydrogen-bond acceptors (Lipinski definition) is 3. The van der Waals surface area contributed by atoms with Crippen LogP contribution in [0.1, 0.15) is 22.3 Å². The van der Waals surface area contributed by atoms with E-state index < -0.39 is 0 Å². The number of thiophene rings is 1. The van der Waals surface area contributed by atoms with E-state index in [2.05, 4.69) is 17.2 Å². The maximum atomic E-state index is 11.9. The second-order valence-corrected chi connectivity index (χ2v) is 4.60. The summed E-state index contributed by atoms with van der Waals surface area (Å²) in [5, 5.41) is 15.2. The summed E-state index contributed by atoms with van der Waals surface area (Å²) in [4.78, 5) is 11.9. The first-order valence-electron chi connectivity index (χ1n) is 5.83. The Morgan fingerprint density at radius 1 is 1.37 bits per heavy atom. The minimum Gasteiger partial charge on any atom is -0.395 e. The Balaban J connectivity index is 2.07. The van der Waals surface area contributed by atoms with E-state index in [0.717, 1.165) is 5.56 Å². The van der Waals surface area contributed by atoms with E-state index in [0.29, 0.717) is 17.7 Å².